The summed E-state index contributed by atoms with van der Waals surface area (Å²) in [5, 5.41) is 13.9. The first-order valence-electron chi connectivity index (χ1n) is 11.0. The Kier molecular flexibility index (Phi) is 5.57. The van der Waals surface area contributed by atoms with Crippen molar-refractivity contribution in [3.63, 3.8) is 0 Å². The molecule has 182 valence electrons. The first-order valence-corrected chi connectivity index (χ1v) is 11.0. The Hall–Kier alpha value is -3.76. The first-order chi connectivity index (χ1) is 16.6. The van der Waals surface area contributed by atoms with E-state index in [1.54, 1.807) is 0 Å². The molecule has 0 unspecified atom stereocenters. The zero-order chi connectivity index (χ0) is 24.8. The van der Waals surface area contributed by atoms with Gasteiger partial charge in [0.15, 0.2) is 29.8 Å². The summed E-state index contributed by atoms with van der Waals surface area (Å²) in [4.78, 5) is 20.8. The van der Waals surface area contributed by atoms with Crippen LogP contribution in [-0.4, -0.2) is 21.8 Å². The lowest BCUT2D eigenvalue weighted by atomic mass is 9.72. The van der Waals surface area contributed by atoms with Gasteiger partial charge in [-0.05, 0) is 42.4 Å². The minimum absolute atomic E-state index is 0.0592. The molecule has 1 N–H and O–H groups in total. The maximum Gasteiger partial charge on any atom is 0.254 e. The Morgan fingerprint density at radius 3 is 2.54 bits per heavy atom. The van der Waals surface area contributed by atoms with Gasteiger partial charge in [0.05, 0.1) is 12.4 Å². The number of halogens is 4. The third-order valence-corrected chi connectivity index (χ3v) is 6.80. The number of hydrogen-bond acceptors (Lipinski definition) is 5. The molecule has 3 atom stereocenters. The monoisotopic (exact) mass is 488 g/mol. The highest BCUT2D eigenvalue weighted by atomic mass is 19.3. The fourth-order valence-corrected chi connectivity index (χ4v) is 4.80. The number of carbonyl (C=O) groups is 1. The van der Waals surface area contributed by atoms with Gasteiger partial charge in [-0.2, -0.15) is 4.73 Å². The number of aromatic nitrogens is 3. The first kappa shape index (κ1) is 23.0. The van der Waals surface area contributed by atoms with Crippen LogP contribution in [0, 0.1) is 28.2 Å². The molecule has 2 aliphatic carbocycles. The second-order valence-corrected chi connectivity index (χ2v) is 9.03. The maximum absolute atomic E-state index is 14.7. The second-order valence-electron chi connectivity index (χ2n) is 9.03. The van der Waals surface area contributed by atoms with Gasteiger partial charge in [-0.1, -0.05) is 0 Å². The van der Waals surface area contributed by atoms with Crippen molar-refractivity contribution in [3.8, 4) is 11.6 Å². The predicted molar refractivity (Wildman–Crippen MR) is 115 cm³/mol. The minimum Gasteiger partial charge on any atom is -0.619 e. The van der Waals surface area contributed by atoms with Crippen molar-refractivity contribution in [3.05, 3.63) is 77.5 Å². The molecule has 0 radical (unpaired) electrons. The number of nitrogens with one attached hydrogen (secondary N) is 1. The number of hydrogen-bond donors (Lipinski definition) is 1. The van der Waals surface area contributed by atoms with Gasteiger partial charge < -0.3 is 15.3 Å². The maximum atomic E-state index is 14.7. The summed E-state index contributed by atoms with van der Waals surface area (Å²) < 4.78 is 61.9. The number of amides is 1. The molecule has 7 nitrogen and oxygen atoms in total. The van der Waals surface area contributed by atoms with Crippen molar-refractivity contribution in [2.24, 2.45) is 11.3 Å². The summed E-state index contributed by atoms with van der Waals surface area (Å²) in [7, 11) is 0. The van der Waals surface area contributed by atoms with Crippen LogP contribution < -0.4 is 14.8 Å². The molecule has 1 spiro atoms. The molecule has 5 rings (SSSR count). The molecule has 11 heteroatoms. The predicted octanol–water partition coefficient (Wildman–Crippen LogP) is 4.73. The van der Waals surface area contributed by atoms with Gasteiger partial charge in [0, 0.05) is 36.5 Å². The zero-order valence-corrected chi connectivity index (χ0v) is 18.3. The van der Waals surface area contributed by atoms with E-state index in [1.807, 2.05) is 0 Å². The number of anilines is 1. The molecule has 2 aliphatic rings. The zero-order valence-electron chi connectivity index (χ0n) is 18.3. The molecule has 35 heavy (non-hydrogen) atoms. The smallest absolute Gasteiger partial charge is 0.254 e. The molecule has 0 saturated heterocycles. The topological polar surface area (TPSA) is 91.0 Å². The second kappa shape index (κ2) is 8.47. The third-order valence-electron chi connectivity index (χ3n) is 6.80. The number of ether oxygens (including phenoxy) is 1. The van der Waals surface area contributed by atoms with Gasteiger partial charge in [-0.15, -0.1) is 0 Å². The SMILES string of the molecule is O=C(Nc1cnc(Oc2ccc(F)cc2F)cn1)[C@@H]1C[C@]12CCC(F)(F)[C@@H](c1cc[n+]([O-])cc1)C2. The van der Waals surface area contributed by atoms with E-state index < -0.39 is 34.8 Å². The number of nitrogens with zero attached hydrogens (tertiary/aromatic N) is 3. The van der Waals surface area contributed by atoms with Gasteiger partial charge in [-0.3, -0.25) is 4.79 Å². The summed E-state index contributed by atoms with van der Waals surface area (Å²) in [5.74, 6) is -6.59. The van der Waals surface area contributed by atoms with E-state index in [2.05, 4.69) is 15.3 Å². The molecule has 1 amide bonds. The van der Waals surface area contributed by atoms with Crippen LogP contribution in [0.25, 0.3) is 0 Å². The average molecular weight is 488 g/mol. The van der Waals surface area contributed by atoms with Gasteiger partial charge in [0.25, 0.3) is 5.92 Å². The normalized spacial score (nSPS) is 24.7. The van der Waals surface area contributed by atoms with Crippen LogP contribution in [0.1, 0.15) is 37.2 Å². The van der Waals surface area contributed by atoms with Gasteiger partial charge in [-0.25, -0.2) is 27.5 Å². The van der Waals surface area contributed by atoms with Crippen LogP contribution >= 0.6 is 0 Å². The highest BCUT2D eigenvalue weighted by molar-refractivity contribution is 5.94. The lowest BCUT2D eigenvalue weighted by Crippen LogP contribution is -2.36. The van der Waals surface area contributed by atoms with Crippen molar-refractivity contribution < 1.29 is 31.8 Å². The van der Waals surface area contributed by atoms with E-state index in [0.29, 0.717) is 22.8 Å². The molecule has 2 heterocycles. The highest BCUT2D eigenvalue weighted by Crippen LogP contribution is 2.66. The van der Waals surface area contributed by atoms with Crippen molar-refractivity contribution in [2.45, 2.75) is 37.5 Å². The van der Waals surface area contributed by atoms with Crippen LogP contribution in [0.2, 0.25) is 0 Å². The number of benzene rings is 1. The molecule has 3 aromatic rings. The fraction of sp³-hybridized carbons (Fsp3) is 0.333. The highest BCUT2D eigenvalue weighted by Gasteiger charge is 2.64. The Balaban J connectivity index is 1.23. The summed E-state index contributed by atoms with van der Waals surface area (Å²) in [6.07, 6.45) is 5.31. The molecule has 0 aliphatic heterocycles. The summed E-state index contributed by atoms with van der Waals surface area (Å²) >= 11 is 0. The number of carbonyl (C=O) groups excluding carboxylic acids is 1. The molecule has 2 fully saturated rings. The molecular weight excluding hydrogens is 468 g/mol. The standard InChI is InChI=1S/C24H20F4N4O3/c25-15-1-2-19(18(26)9-15)35-21-13-29-20(12-30-21)31-22(33)17-11-23(17)5-6-24(27,28)16(10-23)14-3-7-32(34)8-4-14/h1-4,7-9,12-13,16-17H,5-6,10-11H2,(H,29,31,33)/t16-,17+,23-/m1/s1. The van der Waals surface area contributed by atoms with Crippen molar-refractivity contribution in [1.82, 2.24) is 9.97 Å². The van der Waals surface area contributed by atoms with Crippen LogP contribution in [-0.2, 0) is 4.79 Å². The average Bonchev–Trinajstić information content (AvgIpc) is 3.53. The Morgan fingerprint density at radius 2 is 1.86 bits per heavy atom. The van der Waals surface area contributed by atoms with Crippen LogP contribution in [0.3, 0.4) is 0 Å². The van der Waals surface area contributed by atoms with E-state index >= 15 is 0 Å². The molecular formula is C24H20F4N4O3. The molecule has 2 saturated carbocycles. The van der Waals surface area contributed by atoms with Gasteiger partial charge in [0.2, 0.25) is 11.8 Å². The molecule has 1 aromatic carbocycles. The fourth-order valence-electron chi connectivity index (χ4n) is 4.80. The largest absolute Gasteiger partial charge is 0.619 e. The van der Waals surface area contributed by atoms with Crippen LogP contribution in [0.15, 0.2) is 55.1 Å². The number of alkyl halides is 2. The quantitative estimate of drug-likeness (QED) is 0.319. The van der Waals surface area contributed by atoms with Crippen LogP contribution in [0.5, 0.6) is 11.6 Å². The number of pyridine rings is 1. The lowest BCUT2D eigenvalue weighted by molar-refractivity contribution is -0.605. The van der Waals surface area contributed by atoms with E-state index in [1.165, 1.54) is 36.9 Å². The van der Waals surface area contributed by atoms with Gasteiger partial charge in [0.1, 0.15) is 5.82 Å². The van der Waals surface area contributed by atoms with E-state index in [0.717, 1.165) is 12.1 Å². The van der Waals surface area contributed by atoms with Crippen molar-refractivity contribution in [1.29, 1.82) is 0 Å². The lowest BCUT2D eigenvalue weighted by Gasteiger charge is -2.37. The van der Waals surface area contributed by atoms with E-state index in [9.17, 15) is 27.6 Å². The van der Waals surface area contributed by atoms with Crippen molar-refractivity contribution >= 4 is 11.7 Å². The summed E-state index contributed by atoms with van der Waals surface area (Å²) in [6.45, 7) is 0. The summed E-state index contributed by atoms with van der Waals surface area (Å²) in [5.41, 5.74) is -0.151. The molecule has 0 bridgehead atoms. The van der Waals surface area contributed by atoms with E-state index in [-0.39, 0.29) is 42.6 Å². The Labute approximate surface area is 197 Å². The van der Waals surface area contributed by atoms with Crippen LogP contribution in [0.4, 0.5) is 23.4 Å². The number of rotatable bonds is 5. The Morgan fingerprint density at radius 1 is 1.09 bits per heavy atom. The summed E-state index contributed by atoms with van der Waals surface area (Å²) in [6, 6.07) is 5.63. The van der Waals surface area contributed by atoms with Gasteiger partial charge >= 0.3 is 0 Å². The minimum atomic E-state index is -2.92. The third kappa shape index (κ3) is 4.62. The van der Waals surface area contributed by atoms with Crippen molar-refractivity contribution in [2.75, 3.05) is 5.32 Å². The Bertz CT molecular complexity index is 1260. The van der Waals surface area contributed by atoms with E-state index in [4.69, 9.17) is 4.74 Å². The molecule has 2 aromatic heterocycles.